The molecule has 0 bridgehead atoms. The third-order valence-electron chi connectivity index (χ3n) is 2.53. The molecule has 17 heavy (non-hydrogen) atoms. The molecule has 0 aliphatic carbocycles. The lowest BCUT2D eigenvalue weighted by Gasteiger charge is -2.20. The minimum atomic E-state index is -0.921. The van der Waals surface area contributed by atoms with E-state index >= 15 is 0 Å². The number of nitrogens with zero attached hydrogens (tertiary/aromatic N) is 1. The molecule has 1 aromatic rings. The maximum atomic E-state index is 11.4. The molecule has 88 valence electrons. The van der Waals surface area contributed by atoms with Crippen molar-refractivity contribution in [1.29, 1.82) is 5.26 Å². The summed E-state index contributed by atoms with van der Waals surface area (Å²) in [5.74, 6) is -1.51. The quantitative estimate of drug-likeness (QED) is 0.798. The predicted molar refractivity (Wildman–Crippen MR) is 62.1 cm³/mol. The van der Waals surface area contributed by atoms with Crippen LogP contribution in [0.25, 0.3) is 0 Å². The molecule has 2 amide bonds. The van der Waals surface area contributed by atoms with Gasteiger partial charge in [-0.1, -0.05) is 12.1 Å². The standard InChI is InChI=1S/C12H13N3O2/c1-12(2,6-13)8-5-3-4-7(10(14)16)9(8)11(15)17/h3-5H,1-2H3,(H2,14,16)(H2,15,17). The van der Waals surface area contributed by atoms with E-state index in [0.717, 1.165) is 0 Å². The Hall–Kier alpha value is -2.35. The Labute approximate surface area is 99.0 Å². The highest BCUT2D eigenvalue weighted by Crippen LogP contribution is 2.27. The third-order valence-corrected chi connectivity index (χ3v) is 2.53. The number of nitrogens with two attached hydrogens (primary N) is 2. The molecule has 1 rings (SSSR count). The summed E-state index contributed by atoms with van der Waals surface area (Å²) in [4.78, 5) is 22.6. The van der Waals surface area contributed by atoms with Crippen molar-refractivity contribution in [3.63, 3.8) is 0 Å². The van der Waals surface area contributed by atoms with Crippen molar-refractivity contribution in [2.75, 3.05) is 0 Å². The van der Waals surface area contributed by atoms with E-state index in [1.165, 1.54) is 6.07 Å². The maximum Gasteiger partial charge on any atom is 0.249 e. The molecule has 0 fully saturated rings. The van der Waals surface area contributed by atoms with Crippen LogP contribution < -0.4 is 11.5 Å². The first-order chi connectivity index (χ1) is 7.81. The summed E-state index contributed by atoms with van der Waals surface area (Å²) >= 11 is 0. The molecular formula is C12H13N3O2. The van der Waals surface area contributed by atoms with Crippen LogP contribution in [-0.4, -0.2) is 11.8 Å². The number of benzene rings is 1. The minimum Gasteiger partial charge on any atom is -0.366 e. The van der Waals surface area contributed by atoms with Crippen LogP contribution in [0.4, 0.5) is 0 Å². The van der Waals surface area contributed by atoms with E-state index in [0.29, 0.717) is 5.56 Å². The summed E-state index contributed by atoms with van der Waals surface area (Å²) < 4.78 is 0. The second kappa shape index (κ2) is 4.26. The van der Waals surface area contributed by atoms with Crippen molar-refractivity contribution in [3.05, 3.63) is 34.9 Å². The molecule has 0 aliphatic heterocycles. The monoisotopic (exact) mass is 231 g/mol. The molecule has 0 aromatic heterocycles. The molecule has 0 heterocycles. The molecule has 0 spiro atoms. The van der Waals surface area contributed by atoms with Gasteiger partial charge in [-0.25, -0.2) is 0 Å². The van der Waals surface area contributed by atoms with Gasteiger partial charge in [-0.2, -0.15) is 5.26 Å². The Balaban J connectivity index is 3.64. The highest BCUT2D eigenvalue weighted by atomic mass is 16.2. The number of primary amides is 2. The lowest BCUT2D eigenvalue weighted by Crippen LogP contribution is -2.27. The normalized spacial score (nSPS) is 10.6. The van der Waals surface area contributed by atoms with Crippen LogP contribution in [0.2, 0.25) is 0 Å². The topological polar surface area (TPSA) is 110 Å². The zero-order chi connectivity index (χ0) is 13.2. The van der Waals surface area contributed by atoms with Crippen LogP contribution in [0.5, 0.6) is 0 Å². The number of carbonyl (C=O) groups is 2. The van der Waals surface area contributed by atoms with Gasteiger partial charge in [0.05, 0.1) is 22.6 Å². The minimum absolute atomic E-state index is 0.0200. The molecule has 0 aliphatic rings. The van der Waals surface area contributed by atoms with E-state index in [4.69, 9.17) is 16.7 Å². The zero-order valence-corrected chi connectivity index (χ0v) is 9.65. The van der Waals surface area contributed by atoms with Gasteiger partial charge < -0.3 is 11.5 Å². The zero-order valence-electron chi connectivity index (χ0n) is 9.65. The Morgan fingerprint density at radius 3 is 2.24 bits per heavy atom. The fourth-order valence-electron chi connectivity index (χ4n) is 1.60. The summed E-state index contributed by atoms with van der Waals surface area (Å²) in [5, 5.41) is 9.06. The summed E-state index contributed by atoms with van der Waals surface area (Å²) in [6, 6.07) is 6.64. The first-order valence-electron chi connectivity index (χ1n) is 4.95. The Kier molecular flexibility index (Phi) is 3.19. The van der Waals surface area contributed by atoms with Crippen molar-refractivity contribution in [1.82, 2.24) is 0 Å². The molecule has 0 radical (unpaired) electrons. The van der Waals surface area contributed by atoms with Gasteiger partial charge in [0.15, 0.2) is 0 Å². The first kappa shape index (κ1) is 12.7. The summed E-state index contributed by atoms with van der Waals surface area (Å²) in [5.41, 5.74) is 9.97. The van der Waals surface area contributed by atoms with E-state index in [9.17, 15) is 9.59 Å². The van der Waals surface area contributed by atoms with Gasteiger partial charge in [-0.15, -0.1) is 0 Å². The van der Waals surface area contributed by atoms with Gasteiger partial charge in [0.25, 0.3) is 0 Å². The highest BCUT2D eigenvalue weighted by molar-refractivity contribution is 6.07. The van der Waals surface area contributed by atoms with E-state index in [2.05, 4.69) is 6.07 Å². The van der Waals surface area contributed by atoms with Crippen LogP contribution >= 0.6 is 0 Å². The predicted octanol–water partition coefficient (Wildman–Crippen LogP) is 0.686. The maximum absolute atomic E-state index is 11.4. The second-order valence-electron chi connectivity index (χ2n) is 4.19. The molecular weight excluding hydrogens is 218 g/mol. The van der Waals surface area contributed by atoms with Crippen LogP contribution in [0.3, 0.4) is 0 Å². The summed E-state index contributed by atoms with van der Waals surface area (Å²) in [7, 11) is 0. The average Bonchev–Trinajstić information content (AvgIpc) is 2.27. The number of nitriles is 1. The van der Waals surface area contributed by atoms with Crippen LogP contribution in [0.15, 0.2) is 18.2 Å². The fraction of sp³-hybridized carbons (Fsp3) is 0.250. The van der Waals surface area contributed by atoms with Gasteiger partial charge in [0, 0.05) is 0 Å². The molecule has 0 atom stereocenters. The number of hydrogen-bond acceptors (Lipinski definition) is 3. The Bertz CT molecular complexity index is 527. The SMILES string of the molecule is CC(C)(C#N)c1cccc(C(N)=O)c1C(N)=O. The van der Waals surface area contributed by atoms with Gasteiger partial charge in [0.2, 0.25) is 11.8 Å². The molecule has 0 saturated heterocycles. The van der Waals surface area contributed by atoms with Gasteiger partial charge >= 0.3 is 0 Å². The van der Waals surface area contributed by atoms with Gasteiger partial charge in [-0.05, 0) is 25.5 Å². The highest BCUT2D eigenvalue weighted by Gasteiger charge is 2.28. The lowest BCUT2D eigenvalue weighted by molar-refractivity contribution is 0.0966. The fourth-order valence-corrected chi connectivity index (χ4v) is 1.60. The van der Waals surface area contributed by atoms with Gasteiger partial charge in [-0.3, -0.25) is 9.59 Å². The lowest BCUT2D eigenvalue weighted by atomic mass is 9.81. The molecule has 0 unspecified atom stereocenters. The van der Waals surface area contributed by atoms with Gasteiger partial charge in [0.1, 0.15) is 0 Å². The van der Waals surface area contributed by atoms with Crippen molar-refractivity contribution >= 4 is 11.8 Å². The van der Waals surface area contributed by atoms with Crippen LogP contribution in [0, 0.1) is 11.3 Å². The first-order valence-corrected chi connectivity index (χ1v) is 4.95. The molecule has 5 heteroatoms. The van der Waals surface area contributed by atoms with Crippen molar-refractivity contribution in [2.45, 2.75) is 19.3 Å². The Morgan fingerprint density at radius 2 is 1.82 bits per heavy atom. The van der Waals surface area contributed by atoms with E-state index in [-0.39, 0.29) is 11.1 Å². The number of amides is 2. The molecule has 0 saturated carbocycles. The molecule has 4 N–H and O–H groups in total. The average molecular weight is 231 g/mol. The summed E-state index contributed by atoms with van der Waals surface area (Å²) in [6.45, 7) is 3.28. The van der Waals surface area contributed by atoms with E-state index < -0.39 is 17.2 Å². The second-order valence-corrected chi connectivity index (χ2v) is 4.19. The largest absolute Gasteiger partial charge is 0.366 e. The molecule has 5 nitrogen and oxygen atoms in total. The third kappa shape index (κ3) is 2.26. The van der Waals surface area contributed by atoms with E-state index in [1.807, 2.05) is 0 Å². The number of carbonyl (C=O) groups excluding carboxylic acids is 2. The Morgan fingerprint density at radius 1 is 1.24 bits per heavy atom. The van der Waals surface area contributed by atoms with Crippen molar-refractivity contribution in [3.8, 4) is 6.07 Å². The smallest absolute Gasteiger partial charge is 0.249 e. The van der Waals surface area contributed by atoms with Crippen molar-refractivity contribution < 1.29 is 9.59 Å². The number of rotatable bonds is 3. The van der Waals surface area contributed by atoms with Crippen LogP contribution in [0.1, 0.15) is 40.1 Å². The summed E-state index contributed by atoms with van der Waals surface area (Å²) in [6.07, 6.45) is 0. The van der Waals surface area contributed by atoms with Crippen molar-refractivity contribution in [2.24, 2.45) is 11.5 Å². The van der Waals surface area contributed by atoms with Crippen LogP contribution in [-0.2, 0) is 5.41 Å². The molecule has 1 aromatic carbocycles. The number of hydrogen-bond donors (Lipinski definition) is 2. The van der Waals surface area contributed by atoms with E-state index in [1.54, 1.807) is 26.0 Å².